The van der Waals surface area contributed by atoms with Crippen LogP contribution in [0.1, 0.15) is 5.56 Å². The zero-order valence-electron chi connectivity index (χ0n) is 11.9. The summed E-state index contributed by atoms with van der Waals surface area (Å²) in [7, 11) is 0. The van der Waals surface area contributed by atoms with Crippen LogP contribution < -0.4 is 5.32 Å². The number of nitro benzene ring substituents is 1. The number of morpholine rings is 1. The molecule has 2 rings (SSSR count). The first-order valence-corrected chi connectivity index (χ1v) is 7.07. The molecule has 2 N–H and O–H groups in total. The lowest BCUT2D eigenvalue weighted by molar-refractivity contribution is -0.384. The number of hydrogen-bond acceptors (Lipinski definition) is 6. The standard InChI is InChI=1S/C14H21N3O4/c18-14(11-16-4-6-21-7-5-16)10-15-9-12-2-1-3-13(8-12)17(19)20/h1-3,8,14-15,18H,4-7,9-11H2. The Balaban J connectivity index is 1.70. The number of β-amino-alcohol motifs (C(OH)–C–C–N with tert-alkyl or cyclic N) is 1. The number of non-ortho nitro benzene ring substituents is 1. The van der Waals surface area contributed by atoms with Crippen LogP contribution in [0.4, 0.5) is 5.69 Å². The van der Waals surface area contributed by atoms with Gasteiger partial charge in [0.15, 0.2) is 0 Å². The van der Waals surface area contributed by atoms with Crippen LogP contribution in [-0.4, -0.2) is 60.4 Å². The Kier molecular flexibility index (Phi) is 6.06. The summed E-state index contributed by atoms with van der Waals surface area (Å²) in [6, 6.07) is 6.51. The fourth-order valence-corrected chi connectivity index (χ4v) is 2.31. The molecule has 1 heterocycles. The largest absolute Gasteiger partial charge is 0.390 e. The molecule has 0 radical (unpaired) electrons. The molecule has 116 valence electrons. The molecule has 0 aromatic heterocycles. The van der Waals surface area contributed by atoms with E-state index in [1.54, 1.807) is 12.1 Å². The van der Waals surface area contributed by atoms with Crippen LogP contribution >= 0.6 is 0 Å². The van der Waals surface area contributed by atoms with Crippen LogP contribution in [0.3, 0.4) is 0 Å². The average molecular weight is 295 g/mol. The summed E-state index contributed by atoms with van der Waals surface area (Å²) in [6.45, 7) is 4.71. The molecule has 7 heteroatoms. The van der Waals surface area contributed by atoms with Crippen molar-refractivity contribution in [2.24, 2.45) is 0 Å². The van der Waals surface area contributed by atoms with E-state index < -0.39 is 11.0 Å². The normalized spacial score (nSPS) is 17.6. The zero-order chi connectivity index (χ0) is 15.1. The summed E-state index contributed by atoms with van der Waals surface area (Å²) in [4.78, 5) is 12.4. The van der Waals surface area contributed by atoms with Crippen molar-refractivity contribution in [3.63, 3.8) is 0 Å². The van der Waals surface area contributed by atoms with E-state index in [4.69, 9.17) is 4.74 Å². The van der Waals surface area contributed by atoms with Gasteiger partial charge in [-0.15, -0.1) is 0 Å². The minimum atomic E-state index is -0.457. The topological polar surface area (TPSA) is 87.9 Å². The van der Waals surface area contributed by atoms with Crippen molar-refractivity contribution in [1.82, 2.24) is 10.2 Å². The highest BCUT2D eigenvalue weighted by atomic mass is 16.6. The summed E-state index contributed by atoms with van der Waals surface area (Å²) < 4.78 is 5.26. The van der Waals surface area contributed by atoms with Gasteiger partial charge in [0.1, 0.15) is 0 Å². The molecule has 0 aliphatic carbocycles. The van der Waals surface area contributed by atoms with E-state index in [1.165, 1.54) is 6.07 Å². The van der Waals surface area contributed by atoms with E-state index in [9.17, 15) is 15.2 Å². The number of ether oxygens (including phenoxy) is 1. The lowest BCUT2D eigenvalue weighted by atomic mass is 10.2. The Morgan fingerprint density at radius 2 is 2.19 bits per heavy atom. The zero-order valence-corrected chi connectivity index (χ0v) is 11.9. The second-order valence-electron chi connectivity index (χ2n) is 5.12. The molecule has 1 unspecified atom stereocenters. The predicted octanol–water partition coefficient (Wildman–Crippen LogP) is 0.377. The summed E-state index contributed by atoms with van der Waals surface area (Å²) in [5.41, 5.74) is 0.922. The van der Waals surface area contributed by atoms with E-state index >= 15 is 0 Å². The fourth-order valence-electron chi connectivity index (χ4n) is 2.31. The number of aliphatic hydroxyl groups excluding tert-OH is 1. The quantitative estimate of drug-likeness (QED) is 0.558. The second kappa shape index (κ2) is 8.04. The summed E-state index contributed by atoms with van der Waals surface area (Å²) >= 11 is 0. The van der Waals surface area contributed by atoms with Gasteiger partial charge in [-0.2, -0.15) is 0 Å². The molecule has 1 saturated heterocycles. The number of nitro groups is 1. The molecule has 1 fully saturated rings. The Morgan fingerprint density at radius 3 is 2.90 bits per heavy atom. The molecule has 21 heavy (non-hydrogen) atoms. The predicted molar refractivity (Wildman–Crippen MR) is 78.1 cm³/mol. The molecule has 0 saturated carbocycles. The summed E-state index contributed by atoms with van der Waals surface area (Å²) in [6.07, 6.45) is -0.457. The van der Waals surface area contributed by atoms with Gasteiger partial charge in [-0.3, -0.25) is 15.0 Å². The van der Waals surface area contributed by atoms with E-state index in [-0.39, 0.29) is 5.69 Å². The van der Waals surface area contributed by atoms with Crippen molar-refractivity contribution >= 4 is 5.69 Å². The first kappa shape index (κ1) is 15.8. The Morgan fingerprint density at radius 1 is 1.43 bits per heavy atom. The summed E-state index contributed by atoms with van der Waals surface area (Å²) in [5.74, 6) is 0. The van der Waals surface area contributed by atoms with E-state index in [2.05, 4.69) is 10.2 Å². The molecule has 1 aromatic rings. The van der Waals surface area contributed by atoms with Crippen molar-refractivity contribution in [3.8, 4) is 0 Å². The van der Waals surface area contributed by atoms with Gasteiger partial charge in [0, 0.05) is 44.9 Å². The monoisotopic (exact) mass is 295 g/mol. The minimum absolute atomic E-state index is 0.0863. The van der Waals surface area contributed by atoms with Crippen LogP contribution in [0, 0.1) is 10.1 Å². The minimum Gasteiger partial charge on any atom is -0.390 e. The van der Waals surface area contributed by atoms with Gasteiger partial charge in [-0.25, -0.2) is 0 Å². The van der Waals surface area contributed by atoms with E-state index in [0.717, 1.165) is 18.7 Å². The smallest absolute Gasteiger partial charge is 0.269 e. The highest BCUT2D eigenvalue weighted by Crippen LogP contribution is 2.12. The van der Waals surface area contributed by atoms with Crippen LogP contribution in [0.2, 0.25) is 0 Å². The van der Waals surface area contributed by atoms with Crippen LogP contribution in [0.15, 0.2) is 24.3 Å². The SMILES string of the molecule is O=[N+]([O-])c1cccc(CNCC(O)CN2CCOCC2)c1. The van der Waals surface area contributed by atoms with E-state index in [0.29, 0.717) is 32.8 Å². The van der Waals surface area contributed by atoms with Crippen LogP contribution in [0.25, 0.3) is 0 Å². The van der Waals surface area contributed by atoms with Crippen molar-refractivity contribution in [1.29, 1.82) is 0 Å². The number of benzene rings is 1. The van der Waals surface area contributed by atoms with Crippen molar-refractivity contribution in [2.75, 3.05) is 39.4 Å². The molecular weight excluding hydrogens is 274 g/mol. The number of rotatable bonds is 7. The second-order valence-corrected chi connectivity index (χ2v) is 5.12. The maximum absolute atomic E-state index is 10.7. The third kappa shape index (κ3) is 5.39. The van der Waals surface area contributed by atoms with Gasteiger partial charge in [-0.05, 0) is 5.56 Å². The van der Waals surface area contributed by atoms with Crippen LogP contribution in [0.5, 0.6) is 0 Å². The molecular formula is C14H21N3O4. The third-order valence-corrected chi connectivity index (χ3v) is 3.40. The third-order valence-electron chi connectivity index (χ3n) is 3.40. The highest BCUT2D eigenvalue weighted by Gasteiger charge is 2.14. The molecule has 0 spiro atoms. The van der Waals surface area contributed by atoms with Gasteiger partial charge >= 0.3 is 0 Å². The Labute approximate surface area is 123 Å². The molecule has 0 amide bonds. The molecule has 1 aromatic carbocycles. The highest BCUT2D eigenvalue weighted by molar-refractivity contribution is 5.34. The Hall–Kier alpha value is -1.54. The van der Waals surface area contributed by atoms with Gasteiger partial charge in [0.05, 0.1) is 24.2 Å². The fraction of sp³-hybridized carbons (Fsp3) is 0.571. The van der Waals surface area contributed by atoms with E-state index in [1.807, 2.05) is 6.07 Å². The molecule has 0 bridgehead atoms. The lowest BCUT2D eigenvalue weighted by Crippen LogP contribution is -2.43. The summed E-state index contributed by atoms with van der Waals surface area (Å²) in [5, 5.41) is 23.8. The Bertz CT molecular complexity index is 463. The van der Waals surface area contributed by atoms with Crippen molar-refractivity contribution < 1.29 is 14.8 Å². The van der Waals surface area contributed by atoms with Gasteiger partial charge in [-0.1, -0.05) is 12.1 Å². The molecule has 1 atom stereocenters. The maximum Gasteiger partial charge on any atom is 0.269 e. The number of aliphatic hydroxyl groups is 1. The molecule has 1 aliphatic rings. The number of nitrogens with zero attached hydrogens (tertiary/aromatic N) is 2. The van der Waals surface area contributed by atoms with Gasteiger partial charge in [0.25, 0.3) is 5.69 Å². The van der Waals surface area contributed by atoms with Gasteiger partial charge < -0.3 is 15.2 Å². The van der Waals surface area contributed by atoms with Crippen molar-refractivity contribution in [3.05, 3.63) is 39.9 Å². The van der Waals surface area contributed by atoms with Gasteiger partial charge in [0.2, 0.25) is 0 Å². The van der Waals surface area contributed by atoms with Crippen molar-refractivity contribution in [2.45, 2.75) is 12.6 Å². The first-order valence-electron chi connectivity index (χ1n) is 7.07. The molecule has 1 aliphatic heterocycles. The number of nitrogens with one attached hydrogen (secondary N) is 1. The maximum atomic E-state index is 10.7. The molecule has 7 nitrogen and oxygen atoms in total. The first-order chi connectivity index (χ1) is 10.1. The average Bonchev–Trinajstić information content (AvgIpc) is 2.48. The lowest BCUT2D eigenvalue weighted by Gasteiger charge is -2.28. The van der Waals surface area contributed by atoms with Crippen LogP contribution in [-0.2, 0) is 11.3 Å². The number of hydrogen-bond donors (Lipinski definition) is 2.